The minimum atomic E-state index is 0.689. The van der Waals surface area contributed by atoms with E-state index < -0.39 is 0 Å². The Bertz CT molecular complexity index is 361. The van der Waals surface area contributed by atoms with Crippen LogP contribution in [0.3, 0.4) is 0 Å². The van der Waals surface area contributed by atoms with Crippen molar-refractivity contribution in [1.82, 2.24) is 10.3 Å². The molecular weight excluding hydrogens is 222 g/mol. The van der Waals surface area contributed by atoms with Crippen LogP contribution in [0.15, 0.2) is 12.3 Å². The Labute approximate surface area is 112 Å². The minimum absolute atomic E-state index is 0.689. The molecule has 1 N–H and O–H groups in total. The second kappa shape index (κ2) is 7.37. The van der Waals surface area contributed by atoms with Gasteiger partial charge in [0.05, 0.1) is 0 Å². The van der Waals surface area contributed by atoms with Crippen molar-refractivity contribution < 1.29 is 0 Å². The summed E-state index contributed by atoms with van der Waals surface area (Å²) in [5.74, 6) is 1.79. The molecule has 0 saturated heterocycles. The molecule has 0 spiro atoms. The molecule has 0 unspecified atom stereocenters. The van der Waals surface area contributed by atoms with E-state index in [2.05, 4.69) is 56.0 Å². The van der Waals surface area contributed by atoms with Gasteiger partial charge >= 0.3 is 0 Å². The molecule has 0 saturated carbocycles. The molecule has 3 heteroatoms. The van der Waals surface area contributed by atoms with Crippen LogP contribution in [0, 0.1) is 12.8 Å². The molecule has 0 fully saturated rings. The van der Waals surface area contributed by atoms with Crippen molar-refractivity contribution in [3.05, 3.63) is 23.4 Å². The van der Waals surface area contributed by atoms with E-state index in [1.54, 1.807) is 0 Å². The standard InChI is InChI=1S/C15H27N3/c1-6-7-18(5)15-13(4)8-14(11-17-15)10-16-9-12(2)3/h8,11-12,16H,6-7,9-10H2,1-5H3. The number of hydrogen-bond acceptors (Lipinski definition) is 3. The van der Waals surface area contributed by atoms with E-state index >= 15 is 0 Å². The Morgan fingerprint density at radius 3 is 2.67 bits per heavy atom. The van der Waals surface area contributed by atoms with Gasteiger partial charge in [-0.1, -0.05) is 20.8 Å². The highest BCUT2D eigenvalue weighted by atomic mass is 15.2. The average molecular weight is 249 g/mol. The van der Waals surface area contributed by atoms with Gasteiger partial charge < -0.3 is 10.2 Å². The van der Waals surface area contributed by atoms with Crippen LogP contribution in [0.25, 0.3) is 0 Å². The first-order valence-corrected chi connectivity index (χ1v) is 6.92. The summed E-state index contributed by atoms with van der Waals surface area (Å²) in [4.78, 5) is 6.80. The average Bonchev–Trinajstić information content (AvgIpc) is 2.28. The van der Waals surface area contributed by atoms with Crippen LogP contribution in [-0.4, -0.2) is 25.1 Å². The van der Waals surface area contributed by atoms with Crippen molar-refractivity contribution in [1.29, 1.82) is 0 Å². The van der Waals surface area contributed by atoms with Crippen LogP contribution < -0.4 is 10.2 Å². The Balaban J connectivity index is 2.61. The van der Waals surface area contributed by atoms with Crippen LogP contribution in [0.2, 0.25) is 0 Å². The molecule has 0 aromatic carbocycles. The van der Waals surface area contributed by atoms with Crippen molar-refractivity contribution in [3.63, 3.8) is 0 Å². The lowest BCUT2D eigenvalue weighted by Crippen LogP contribution is -2.21. The summed E-state index contributed by atoms with van der Waals surface area (Å²) in [6, 6.07) is 2.24. The van der Waals surface area contributed by atoms with Gasteiger partial charge in [-0.3, -0.25) is 0 Å². The van der Waals surface area contributed by atoms with E-state index in [0.717, 1.165) is 31.9 Å². The summed E-state index contributed by atoms with van der Waals surface area (Å²) < 4.78 is 0. The fraction of sp³-hybridized carbons (Fsp3) is 0.667. The Morgan fingerprint density at radius 2 is 2.11 bits per heavy atom. The maximum absolute atomic E-state index is 4.58. The third-order valence-corrected chi connectivity index (χ3v) is 2.91. The number of nitrogens with zero attached hydrogens (tertiary/aromatic N) is 2. The second-order valence-corrected chi connectivity index (χ2v) is 5.43. The minimum Gasteiger partial charge on any atom is -0.359 e. The summed E-state index contributed by atoms with van der Waals surface area (Å²) in [6.07, 6.45) is 3.14. The number of hydrogen-bond donors (Lipinski definition) is 1. The topological polar surface area (TPSA) is 28.2 Å². The Morgan fingerprint density at radius 1 is 1.39 bits per heavy atom. The number of nitrogens with one attached hydrogen (secondary N) is 1. The predicted octanol–water partition coefficient (Wildman–Crippen LogP) is 2.98. The second-order valence-electron chi connectivity index (χ2n) is 5.43. The Kier molecular flexibility index (Phi) is 6.13. The molecule has 102 valence electrons. The zero-order valence-electron chi connectivity index (χ0n) is 12.5. The molecule has 1 aromatic heterocycles. The van der Waals surface area contributed by atoms with Gasteiger partial charge in [-0.2, -0.15) is 0 Å². The molecule has 0 bridgehead atoms. The Hall–Kier alpha value is -1.09. The molecule has 0 amide bonds. The zero-order chi connectivity index (χ0) is 13.5. The molecule has 0 aliphatic heterocycles. The summed E-state index contributed by atoms with van der Waals surface area (Å²) in [7, 11) is 2.11. The molecule has 0 radical (unpaired) electrons. The predicted molar refractivity (Wildman–Crippen MR) is 79.1 cm³/mol. The maximum atomic E-state index is 4.58. The van der Waals surface area contributed by atoms with E-state index in [0.29, 0.717) is 5.92 Å². The first-order valence-electron chi connectivity index (χ1n) is 6.92. The van der Waals surface area contributed by atoms with Crippen molar-refractivity contribution in [3.8, 4) is 0 Å². The molecule has 1 heterocycles. The van der Waals surface area contributed by atoms with Crippen molar-refractivity contribution in [2.75, 3.05) is 25.0 Å². The lowest BCUT2D eigenvalue weighted by atomic mass is 10.2. The van der Waals surface area contributed by atoms with Crippen molar-refractivity contribution in [2.45, 2.75) is 40.7 Å². The van der Waals surface area contributed by atoms with Gasteiger partial charge in [-0.05, 0) is 43.0 Å². The lowest BCUT2D eigenvalue weighted by Gasteiger charge is -2.20. The summed E-state index contributed by atoms with van der Waals surface area (Å²) >= 11 is 0. The largest absolute Gasteiger partial charge is 0.359 e. The molecule has 1 aromatic rings. The summed E-state index contributed by atoms with van der Waals surface area (Å²) in [5.41, 5.74) is 2.52. The molecular formula is C15H27N3. The number of anilines is 1. The van der Waals surface area contributed by atoms with Crippen LogP contribution >= 0.6 is 0 Å². The highest BCUT2D eigenvalue weighted by molar-refractivity contribution is 5.46. The van der Waals surface area contributed by atoms with Gasteiger partial charge in [-0.15, -0.1) is 0 Å². The number of aromatic nitrogens is 1. The SMILES string of the molecule is CCCN(C)c1ncc(CNCC(C)C)cc1C. The zero-order valence-corrected chi connectivity index (χ0v) is 12.5. The van der Waals surface area contributed by atoms with Gasteiger partial charge in [-0.25, -0.2) is 4.98 Å². The molecule has 0 aliphatic carbocycles. The molecule has 0 atom stereocenters. The highest BCUT2D eigenvalue weighted by Crippen LogP contribution is 2.16. The molecule has 1 rings (SSSR count). The van der Waals surface area contributed by atoms with E-state index in [4.69, 9.17) is 0 Å². The van der Waals surface area contributed by atoms with Gasteiger partial charge in [0.1, 0.15) is 5.82 Å². The van der Waals surface area contributed by atoms with Crippen LogP contribution in [-0.2, 0) is 6.54 Å². The van der Waals surface area contributed by atoms with Crippen LogP contribution in [0.5, 0.6) is 0 Å². The number of aryl methyl sites for hydroxylation is 1. The first-order chi connectivity index (χ1) is 8.54. The van der Waals surface area contributed by atoms with E-state index in [-0.39, 0.29) is 0 Å². The van der Waals surface area contributed by atoms with E-state index in [9.17, 15) is 0 Å². The first kappa shape index (κ1) is 15.0. The summed E-state index contributed by atoms with van der Waals surface area (Å²) in [6.45, 7) is 11.8. The maximum Gasteiger partial charge on any atom is 0.131 e. The van der Waals surface area contributed by atoms with E-state index in [1.807, 2.05) is 6.20 Å². The third kappa shape index (κ3) is 4.65. The lowest BCUT2D eigenvalue weighted by molar-refractivity contribution is 0.552. The van der Waals surface area contributed by atoms with Crippen molar-refractivity contribution in [2.24, 2.45) is 5.92 Å². The van der Waals surface area contributed by atoms with Crippen LogP contribution in [0.4, 0.5) is 5.82 Å². The van der Waals surface area contributed by atoms with Gasteiger partial charge in [0.2, 0.25) is 0 Å². The fourth-order valence-corrected chi connectivity index (χ4v) is 2.07. The molecule has 0 aliphatic rings. The van der Waals surface area contributed by atoms with Gasteiger partial charge in [0.25, 0.3) is 0 Å². The van der Waals surface area contributed by atoms with Gasteiger partial charge in [0.15, 0.2) is 0 Å². The summed E-state index contributed by atoms with van der Waals surface area (Å²) in [5, 5.41) is 3.45. The van der Waals surface area contributed by atoms with Crippen molar-refractivity contribution >= 4 is 5.82 Å². The highest BCUT2D eigenvalue weighted by Gasteiger charge is 2.06. The van der Waals surface area contributed by atoms with E-state index in [1.165, 1.54) is 11.1 Å². The number of rotatable bonds is 7. The molecule has 3 nitrogen and oxygen atoms in total. The monoisotopic (exact) mass is 249 g/mol. The van der Waals surface area contributed by atoms with Crippen LogP contribution in [0.1, 0.15) is 38.3 Å². The quantitative estimate of drug-likeness (QED) is 0.805. The normalized spacial score (nSPS) is 11.0. The molecule has 18 heavy (non-hydrogen) atoms. The fourth-order valence-electron chi connectivity index (χ4n) is 2.07. The third-order valence-electron chi connectivity index (χ3n) is 2.91. The number of pyridine rings is 1. The van der Waals surface area contributed by atoms with Gasteiger partial charge in [0, 0.05) is 26.3 Å². The smallest absolute Gasteiger partial charge is 0.131 e.